The quantitative estimate of drug-likeness (QED) is 0.460. The summed E-state index contributed by atoms with van der Waals surface area (Å²) in [6.07, 6.45) is 5.45. The third-order valence-corrected chi connectivity index (χ3v) is 6.43. The Kier molecular flexibility index (Phi) is 5.42. The van der Waals surface area contributed by atoms with Crippen LogP contribution in [0.4, 0.5) is 5.82 Å². The second kappa shape index (κ2) is 8.28. The van der Waals surface area contributed by atoms with Gasteiger partial charge in [0.1, 0.15) is 17.6 Å². The van der Waals surface area contributed by atoms with Crippen molar-refractivity contribution in [3.8, 4) is 11.3 Å². The smallest absolute Gasteiger partial charge is 0.261 e. The van der Waals surface area contributed by atoms with Crippen molar-refractivity contribution in [2.24, 2.45) is 7.05 Å². The summed E-state index contributed by atoms with van der Waals surface area (Å²) in [5.41, 5.74) is 5.31. The van der Waals surface area contributed by atoms with Gasteiger partial charge < -0.3 is 9.64 Å². The second-order valence-corrected chi connectivity index (χ2v) is 8.92. The average Bonchev–Trinajstić information content (AvgIpc) is 3.24. The van der Waals surface area contributed by atoms with Gasteiger partial charge in [0, 0.05) is 47.2 Å². The van der Waals surface area contributed by atoms with Gasteiger partial charge in [-0.15, -0.1) is 0 Å². The summed E-state index contributed by atoms with van der Waals surface area (Å²) in [7, 11) is 1.89. The molecule has 0 N–H and O–H groups in total. The Morgan fingerprint density at radius 3 is 2.70 bits per heavy atom. The molecular formula is C24H25ClN6O2. The molecule has 8 nitrogen and oxygen atoms in total. The first-order valence-corrected chi connectivity index (χ1v) is 11.2. The molecule has 0 amide bonds. The van der Waals surface area contributed by atoms with E-state index in [4.69, 9.17) is 26.3 Å². The Bertz CT molecular complexity index is 1430. The van der Waals surface area contributed by atoms with Crippen molar-refractivity contribution < 1.29 is 4.74 Å². The zero-order valence-electron chi connectivity index (χ0n) is 19.0. The topological polar surface area (TPSA) is 77.5 Å². The standard InChI is InChI=1S/C24H25ClN6O2/c1-14-9-18(25)5-6-19(14)22-23-27-16(3)15(2)24(32)31(23)13-21(28-22)30-7-8-33-20(12-30)17-10-26-29(4)11-17/h5-6,9-11,13,20H,7-8,12H2,1-4H3/t20-/m1/s1. The molecule has 1 aliphatic heterocycles. The van der Waals surface area contributed by atoms with Gasteiger partial charge >= 0.3 is 0 Å². The third-order valence-electron chi connectivity index (χ3n) is 6.20. The fourth-order valence-electron chi connectivity index (χ4n) is 4.22. The Morgan fingerprint density at radius 2 is 1.97 bits per heavy atom. The minimum absolute atomic E-state index is 0.0916. The normalized spacial score (nSPS) is 16.5. The Hall–Kier alpha value is -3.23. The maximum Gasteiger partial charge on any atom is 0.261 e. The minimum atomic E-state index is -0.125. The molecule has 0 saturated carbocycles. The van der Waals surface area contributed by atoms with Crippen LogP contribution in [0.2, 0.25) is 5.02 Å². The fourth-order valence-corrected chi connectivity index (χ4v) is 4.44. The summed E-state index contributed by atoms with van der Waals surface area (Å²) in [6.45, 7) is 7.46. The highest BCUT2D eigenvalue weighted by atomic mass is 35.5. The molecule has 1 saturated heterocycles. The van der Waals surface area contributed by atoms with Gasteiger partial charge in [0.05, 0.1) is 25.5 Å². The summed E-state index contributed by atoms with van der Waals surface area (Å²) in [5.74, 6) is 0.705. The molecule has 5 rings (SSSR count). The van der Waals surface area contributed by atoms with Crippen LogP contribution in [0.5, 0.6) is 0 Å². The lowest BCUT2D eigenvalue weighted by molar-refractivity contribution is 0.0394. The van der Waals surface area contributed by atoms with E-state index in [-0.39, 0.29) is 11.7 Å². The number of anilines is 1. The van der Waals surface area contributed by atoms with Crippen LogP contribution in [0.25, 0.3) is 16.9 Å². The molecule has 33 heavy (non-hydrogen) atoms. The number of ether oxygens (including phenoxy) is 1. The van der Waals surface area contributed by atoms with E-state index in [1.54, 1.807) is 22.2 Å². The molecule has 0 aliphatic carbocycles. The summed E-state index contributed by atoms with van der Waals surface area (Å²) in [5, 5.41) is 4.92. The number of hydrogen-bond donors (Lipinski definition) is 0. The number of halogens is 1. The molecule has 4 heterocycles. The van der Waals surface area contributed by atoms with E-state index in [9.17, 15) is 4.79 Å². The lowest BCUT2D eigenvalue weighted by Gasteiger charge is -2.33. The van der Waals surface area contributed by atoms with Crippen molar-refractivity contribution in [3.63, 3.8) is 0 Å². The van der Waals surface area contributed by atoms with E-state index in [0.717, 1.165) is 16.7 Å². The maximum absolute atomic E-state index is 13.2. The monoisotopic (exact) mass is 464 g/mol. The van der Waals surface area contributed by atoms with Crippen molar-refractivity contribution >= 4 is 23.1 Å². The molecule has 0 radical (unpaired) electrons. The second-order valence-electron chi connectivity index (χ2n) is 8.48. The number of aromatic nitrogens is 5. The van der Waals surface area contributed by atoms with Gasteiger partial charge in [-0.05, 0) is 38.5 Å². The van der Waals surface area contributed by atoms with Crippen LogP contribution in [0.1, 0.15) is 28.5 Å². The van der Waals surface area contributed by atoms with Crippen LogP contribution in [0, 0.1) is 20.8 Å². The summed E-state index contributed by atoms with van der Waals surface area (Å²) in [6, 6.07) is 5.66. The lowest BCUT2D eigenvalue weighted by Crippen LogP contribution is -2.39. The van der Waals surface area contributed by atoms with Crippen LogP contribution in [-0.4, -0.2) is 43.8 Å². The summed E-state index contributed by atoms with van der Waals surface area (Å²) >= 11 is 6.20. The van der Waals surface area contributed by atoms with E-state index < -0.39 is 0 Å². The number of aryl methyl sites for hydroxylation is 3. The number of fused-ring (bicyclic) bond motifs is 1. The predicted octanol–water partition coefficient (Wildman–Crippen LogP) is 3.65. The van der Waals surface area contributed by atoms with E-state index in [1.165, 1.54) is 0 Å². The summed E-state index contributed by atoms with van der Waals surface area (Å²) < 4.78 is 9.39. The molecule has 9 heteroatoms. The van der Waals surface area contributed by atoms with Crippen LogP contribution in [-0.2, 0) is 11.8 Å². The molecule has 4 aromatic rings. The van der Waals surface area contributed by atoms with Gasteiger partial charge in [0.2, 0.25) is 0 Å². The molecule has 0 spiro atoms. The first-order valence-electron chi connectivity index (χ1n) is 10.8. The van der Waals surface area contributed by atoms with Gasteiger partial charge in [-0.2, -0.15) is 5.10 Å². The van der Waals surface area contributed by atoms with E-state index in [2.05, 4.69) is 10.00 Å². The average molecular weight is 465 g/mol. The van der Waals surface area contributed by atoms with Gasteiger partial charge in [-0.3, -0.25) is 13.9 Å². The first-order chi connectivity index (χ1) is 15.8. The van der Waals surface area contributed by atoms with Crippen LogP contribution in [0.15, 0.2) is 41.6 Å². The van der Waals surface area contributed by atoms with Crippen LogP contribution < -0.4 is 10.5 Å². The fraction of sp³-hybridized carbons (Fsp3) is 0.333. The van der Waals surface area contributed by atoms with Crippen molar-refractivity contribution in [2.75, 3.05) is 24.6 Å². The van der Waals surface area contributed by atoms with Gasteiger partial charge in [0.15, 0.2) is 5.65 Å². The van der Waals surface area contributed by atoms with E-state index in [1.807, 2.05) is 51.5 Å². The Balaban J connectivity index is 1.67. The van der Waals surface area contributed by atoms with Crippen molar-refractivity contribution in [3.05, 3.63) is 74.6 Å². The molecule has 1 aliphatic rings. The highest BCUT2D eigenvalue weighted by Gasteiger charge is 2.26. The first kappa shape index (κ1) is 21.6. The number of hydrogen-bond acceptors (Lipinski definition) is 6. The largest absolute Gasteiger partial charge is 0.370 e. The molecule has 0 unspecified atom stereocenters. The molecular weight excluding hydrogens is 440 g/mol. The predicted molar refractivity (Wildman–Crippen MR) is 128 cm³/mol. The SMILES string of the molecule is Cc1cc(Cl)ccc1-c1nc(N2CCO[C@@H](c3cnn(C)c3)C2)cn2c(=O)c(C)c(C)nc12. The molecule has 0 bridgehead atoms. The maximum atomic E-state index is 13.2. The zero-order valence-corrected chi connectivity index (χ0v) is 19.8. The van der Waals surface area contributed by atoms with Gasteiger partial charge in [-0.25, -0.2) is 9.97 Å². The molecule has 1 fully saturated rings. The van der Waals surface area contributed by atoms with Crippen molar-refractivity contribution in [1.82, 2.24) is 24.1 Å². The molecule has 3 aromatic heterocycles. The Labute approximate surface area is 196 Å². The molecule has 1 atom stereocenters. The van der Waals surface area contributed by atoms with Crippen LogP contribution >= 0.6 is 11.6 Å². The van der Waals surface area contributed by atoms with Crippen molar-refractivity contribution in [2.45, 2.75) is 26.9 Å². The van der Waals surface area contributed by atoms with E-state index >= 15 is 0 Å². The number of nitrogens with zero attached hydrogens (tertiary/aromatic N) is 6. The highest BCUT2D eigenvalue weighted by Crippen LogP contribution is 2.31. The van der Waals surface area contributed by atoms with Crippen molar-refractivity contribution in [1.29, 1.82) is 0 Å². The number of rotatable bonds is 3. The third kappa shape index (κ3) is 3.89. The van der Waals surface area contributed by atoms with E-state index in [0.29, 0.717) is 53.1 Å². The number of benzene rings is 1. The number of morpholine rings is 1. The Morgan fingerprint density at radius 1 is 1.15 bits per heavy atom. The van der Waals surface area contributed by atoms with Gasteiger partial charge in [0.25, 0.3) is 5.56 Å². The van der Waals surface area contributed by atoms with Gasteiger partial charge in [-0.1, -0.05) is 17.7 Å². The lowest BCUT2D eigenvalue weighted by atomic mass is 10.1. The van der Waals surface area contributed by atoms with Crippen LogP contribution in [0.3, 0.4) is 0 Å². The molecule has 1 aromatic carbocycles. The highest BCUT2D eigenvalue weighted by molar-refractivity contribution is 6.30. The zero-order chi connectivity index (χ0) is 23.3. The molecule has 170 valence electrons. The minimum Gasteiger partial charge on any atom is -0.370 e. The summed E-state index contributed by atoms with van der Waals surface area (Å²) in [4.78, 5) is 25.1.